The average molecular weight is 345 g/mol. The fourth-order valence-corrected chi connectivity index (χ4v) is 3.06. The highest BCUT2D eigenvalue weighted by Gasteiger charge is 2.29. The zero-order valence-electron chi connectivity index (χ0n) is 15.8. The molecule has 0 aromatic heterocycles. The number of hydrogen-bond donors (Lipinski definition) is 2. The molecule has 1 heterocycles. The molecule has 2 rings (SSSR count). The minimum Gasteiger partial charge on any atom is -0.356 e. The molecule has 5 heteroatoms. The molecule has 1 saturated heterocycles. The predicted octanol–water partition coefficient (Wildman–Crippen LogP) is 2.29. The van der Waals surface area contributed by atoms with Gasteiger partial charge in [0.25, 0.3) is 0 Å². The van der Waals surface area contributed by atoms with E-state index in [4.69, 9.17) is 0 Å². The van der Waals surface area contributed by atoms with Crippen molar-refractivity contribution in [1.82, 2.24) is 15.5 Å². The number of nitrogens with one attached hydrogen (secondary N) is 2. The molecule has 1 atom stereocenters. The van der Waals surface area contributed by atoms with Crippen LogP contribution in [0.2, 0.25) is 0 Å². The van der Waals surface area contributed by atoms with Crippen molar-refractivity contribution < 1.29 is 4.79 Å². The van der Waals surface area contributed by atoms with Crippen LogP contribution >= 0.6 is 0 Å². The highest BCUT2D eigenvalue weighted by atomic mass is 16.2. The molecule has 0 saturated carbocycles. The van der Waals surface area contributed by atoms with E-state index in [-0.39, 0.29) is 5.91 Å². The van der Waals surface area contributed by atoms with Gasteiger partial charge in [-0.05, 0) is 24.3 Å². The van der Waals surface area contributed by atoms with Gasteiger partial charge in [0.2, 0.25) is 5.91 Å². The molecule has 25 heavy (non-hydrogen) atoms. The number of carbonyl (C=O) groups is 1. The van der Waals surface area contributed by atoms with Gasteiger partial charge in [-0.15, -0.1) is 0 Å². The Balaban J connectivity index is 1.70. The van der Waals surface area contributed by atoms with E-state index in [2.05, 4.69) is 41.6 Å². The van der Waals surface area contributed by atoms with Gasteiger partial charge in [-0.25, -0.2) is 0 Å². The zero-order chi connectivity index (χ0) is 18.1. The van der Waals surface area contributed by atoms with Gasteiger partial charge in [0.1, 0.15) is 0 Å². The van der Waals surface area contributed by atoms with E-state index < -0.39 is 0 Å². The molecule has 1 aliphatic rings. The third-order valence-electron chi connectivity index (χ3n) is 4.60. The van der Waals surface area contributed by atoms with Gasteiger partial charge >= 0.3 is 0 Å². The van der Waals surface area contributed by atoms with Gasteiger partial charge < -0.3 is 15.5 Å². The largest absolute Gasteiger partial charge is 0.356 e. The fraction of sp³-hybridized carbons (Fsp3) is 0.600. The predicted molar refractivity (Wildman–Crippen MR) is 104 cm³/mol. The van der Waals surface area contributed by atoms with Crippen LogP contribution in [0.3, 0.4) is 0 Å². The van der Waals surface area contributed by atoms with Gasteiger partial charge in [-0.2, -0.15) is 0 Å². The Kier molecular flexibility index (Phi) is 7.76. The van der Waals surface area contributed by atoms with Gasteiger partial charge in [-0.3, -0.25) is 9.79 Å². The Morgan fingerprint density at radius 2 is 2.04 bits per heavy atom. The van der Waals surface area contributed by atoms with Crippen molar-refractivity contribution in [2.45, 2.75) is 33.1 Å². The quantitative estimate of drug-likeness (QED) is 0.562. The maximum Gasteiger partial charge on any atom is 0.223 e. The molecule has 0 spiro atoms. The highest BCUT2D eigenvalue weighted by molar-refractivity contribution is 5.80. The topological polar surface area (TPSA) is 56.7 Å². The maximum absolute atomic E-state index is 12.2. The van der Waals surface area contributed by atoms with Crippen molar-refractivity contribution >= 4 is 11.9 Å². The van der Waals surface area contributed by atoms with E-state index in [1.807, 2.05) is 23.1 Å². The first kappa shape index (κ1) is 19.3. The van der Waals surface area contributed by atoms with Crippen molar-refractivity contribution in [3.8, 4) is 0 Å². The van der Waals surface area contributed by atoms with Gasteiger partial charge in [0, 0.05) is 45.6 Å². The number of benzene rings is 1. The molecule has 1 fully saturated rings. The number of rotatable bonds is 8. The average Bonchev–Trinajstić information content (AvgIpc) is 2.96. The van der Waals surface area contributed by atoms with E-state index >= 15 is 0 Å². The SMILES string of the molecule is CN=C(NCCC(C)C)NCC1CC(=O)N(CCc2ccccc2)C1. The van der Waals surface area contributed by atoms with E-state index in [1.165, 1.54) is 5.56 Å². The third-order valence-corrected chi connectivity index (χ3v) is 4.60. The first-order chi connectivity index (χ1) is 12.1. The molecule has 1 amide bonds. The lowest BCUT2D eigenvalue weighted by molar-refractivity contribution is -0.127. The van der Waals surface area contributed by atoms with Crippen LogP contribution in [0, 0.1) is 11.8 Å². The lowest BCUT2D eigenvalue weighted by atomic mass is 10.1. The van der Waals surface area contributed by atoms with Gasteiger partial charge in [-0.1, -0.05) is 44.2 Å². The smallest absolute Gasteiger partial charge is 0.223 e. The summed E-state index contributed by atoms with van der Waals surface area (Å²) in [6, 6.07) is 10.4. The fourth-order valence-electron chi connectivity index (χ4n) is 3.06. The van der Waals surface area contributed by atoms with Crippen molar-refractivity contribution in [1.29, 1.82) is 0 Å². The Morgan fingerprint density at radius 3 is 2.72 bits per heavy atom. The first-order valence-corrected chi connectivity index (χ1v) is 9.34. The summed E-state index contributed by atoms with van der Waals surface area (Å²) in [5.41, 5.74) is 1.28. The molecule has 0 radical (unpaired) electrons. The number of nitrogens with zero attached hydrogens (tertiary/aromatic N) is 2. The van der Waals surface area contributed by atoms with E-state index in [0.717, 1.165) is 45.0 Å². The Hall–Kier alpha value is -2.04. The summed E-state index contributed by atoms with van der Waals surface area (Å²) in [5, 5.41) is 6.69. The molecule has 1 aromatic rings. The summed E-state index contributed by atoms with van der Waals surface area (Å²) in [5.74, 6) is 2.13. The number of aliphatic imine (C=N–C) groups is 1. The standard InChI is InChI=1S/C20H32N4O/c1-16(2)9-11-22-20(21-3)23-14-18-13-19(25)24(15-18)12-10-17-7-5-4-6-8-17/h4-8,16,18H,9-15H2,1-3H3,(H2,21,22,23). The molecule has 1 aromatic carbocycles. The number of hydrogen-bond acceptors (Lipinski definition) is 2. The molecule has 1 aliphatic heterocycles. The van der Waals surface area contributed by atoms with E-state index in [1.54, 1.807) is 7.05 Å². The number of likely N-dealkylation sites (tertiary alicyclic amines) is 1. The second-order valence-corrected chi connectivity index (χ2v) is 7.21. The van der Waals surface area contributed by atoms with Gasteiger partial charge in [0.15, 0.2) is 5.96 Å². The molecule has 5 nitrogen and oxygen atoms in total. The molecule has 1 unspecified atom stereocenters. The number of carbonyl (C=O) groups excluding carboxylic acids is 1. The summed E-state index contributed by atoms with van der Waals surface area (Å²) in [6.07, 6.45) is 2.67. The van der Waals surface area contributed by atoms with Crippen LogP contribution in [0.4, 0.5) is 0 Å². The second-order valence-electron chi connectivity index (χ2n) is 7.21. The van der Waals surface area contributed by atoms with Gasteiger partial charge in [0.05, 0.1) is 0 Å². The molecule has 138 valence electrons. The summed E-state index contributed by atoms with van der Waals surface area (Å²) >= 11 is 0. The molecular weight excluding hydrogens is 312 g/mol. The van der Waals surface area contributed by atoms with Crippen LogP contribution < -0.4 is 10.6 Å². The molecule has 2 N–H and O–H groups in total. The normalized spacial score (nSPS) is 18.1. The zero-order valence-corrected chi connectivity index (χ0v) is 15.8. The minimum atomic E-state index is 0.269. The summed E-state index contributed by atoms with van der Waals surface area (Å²) in [4.78, 5) is 18.5. The van der Waals surface area contributed by atoms with Crippen LogP contribution in [-0.4, -0.2) is 50.0 Å². The highest BCUT2D eigenvalue weighted by Crippen LogP contribution is 2.17. The molecule has 0 aliphatic carbocycles. The summed E-state index contributed by atoms with van der Waals surface area (Å²) < 4.78 is 0. The summed E-state index contributed by atoms with van der Waals surface area (Å²) in [6.45, 7) is 7.78. The minimum absolute atomic E-state index is 0.269. The Labute approximate surface area is 151 Å². The Morgan fingerprint density at radius 1 is 1.28 bits per heavy atom. The lowest BCUT2D eigenvalue weighted by Gasteiger charge is -2.18. The van der Waals surface area contributed by atoms with Crippen LogP contribution in [-0.2, 0) is 11.2 Å². The van der Waals surface area contributed by atoms with Crippen LogP contribution in [0.25, 0.3) is 0 Å². The number of amides is 1. The van der Waals surface area contributed by atoms with Crippen LogP contribution in [0.1, 0.15) is 32.3 Å². The van der Waals surface area contributed by atoms with E-state index in [9.17, 15) is 4.79 Å². The third kappa shape index (κ3) is 6.77. The van der Waals surface area contributed by atoms with Crippen LogP contribution in [0.15, 0.2) is 35.3 Å². The van der Waals surface area contributed by atoms with Crippen molar-refractivity contribution in [2.24, 2.45) is 16.8 Å². The summed E-state index contributed by atoms with van der Waals surface area (Å²) in [7, 11) is 1.79. The maximum atomic E-state index is 12.2. The number of guanidine groups is 1. The first-order valence-electron chi connectivity index (χ1n) is 9.34. The second kappa shape index (κ2) is 10.1. The lowest BCUT2D eigenvalue weighted by Crippen LogP contribution is -2.40. The van der Waals surface area contributed by atoms with Crippen molar-refractivity contribution in [2.75, 3.05) is 33.2 Å². The van der Waals surface area contributed by atoms with E-state index in [0.29, 0.717) is 18.3 Å². The monoisotopic (exact) mass is 344 g/mol. The van der Waals surface area contributed by atoms with Crippen LogP contribution in [0.5, 0.6) is 0 Å². The van der Waals surface area contributed by atoms with Crippen molar-refractivity contribution in [3.05, 3.63) is 35.9 Å². The van der Waals surface area contributed by atoms with Crippen molar-refractivity contribution in [3.63, 3.8) is 0 Å². The Bertz CT molecular complexity index is 556. The molecule has 0 bridgehead atoms. The molecular formula is C20H32N4O.